The number of carbonyl (C=O) groups excluding carboxylic acids is 1. The Morgan fingerprint density at radius 3 is 2.74 bits per heavy atom. The lowest BCUT2D eigenvalue weighted by molar-refractivity contribution is -0.145. The van der Waals surface area contributed by atoms with Crippen LogP contribution in [0.5, 0.6) is 0 Å². The zero-order valence-corrected chi connectivity index (χ0v) is 14.0. The van der Waals surface area contributed by atoms with E-state index >= 15 is 0 Å². The van der Waals surface area contributed by atoms with Crippen LogP contribution in [0.4, 0.5) is 0 Å². The molecule has 0 radical (unpaired) electrons. The molecule has 1 aromatic carbocycles. The van der Waals surface area contributed by atoms with Crippen LogP contribution in [0.1, 0.15) is 44.2 Å². The van der Waals surface area contributed by atoms with Crippen LogP contribution in [0.25, 0.3) is 0 Å². The second-order valence-electron chi connectivity index (χ2n) is 6.85. The number of morpholine rings is 1. The number of ether oxygens (including phenoxy) is 1. The molecule has 2 aliphatic rings. The molecule has 0 saturated carbocycles. The van der Waals surface area contributed by atoms with Crippen molar-refractivity contribution in [2.75, 3.05) is 26.2 Å². The monoisotopic (exact) mass is 316 g/mol. The minimum absolute atomic E-state index is 0.0629. The lowest BCUT2D eigenvalue weighted by Crippen LogP contribution is -2.46. The van der Waals surface area contributed by atoms with Crippen molar-refractivity contribution in [2.24, 2.45) is 5.92 Å². The van der Waals surface area contributed by atoms with Crippen molar-refractivity contribution in [1.82, 2.24) is 10.2 Å². The number of amides is 1. The van der Waals surface area contributed by atoms with Gasteiger partial charge in [-0.2, -0.15) is 0 Å². The highest BCUT2D eigenvalue weighted by molar-refractivity contribution is 5.77. The maximum Gasteiger partial charge on any atom is 0.223 e. The SMILES string of the molecule is CC1CN(C(=O)CCC2CCNCC2)C(c2ccccc2)CO1. The van der Waals surface area contributed by atoms with Gasteiger partial charge in [0.15, 0.2) is 0 Å². The normalized spacial score (nSPS) is 26.2. The molecular weight excluding hydrogens is 288 g/mol. The van der Waals surface area contributed by atoms with Crippen molar-refractivity contribution in [1.29, 1.82) is 0 Å². The third kappa shape index (κ3) is 4.33. The zero-order valence-electron chi connectivity index (χ0n) is 14.0. The number of hydrogen-bond donors (Lipinski definition) is 1. The largest absolute Gasteiger partial charge is 0.374 e. The molecular formula is C19H28N2O2. The Hall–Kier alpha value is -1.39. The molecule has 1 aromatic rings. The Bertz CT molecular complexity index is 499. The molecule has 4 nitrogen and oxygen atoms in total. The summed E-state index contributed by atoms with van der Waals surface area (Å²) in [6.45, 7) is 5.54. The minimum atomic E-state index is 0.0629. The molecule has 2 saturated heterocycles. The topological polar surface area (TPSA) is 41.6 Å². The first kappa shape index (κ1) is 16.5. The van der Waals surface area contributed by atoms with Gasteiger partial charge in [0.1, 0.15) is 0 Å². The molecule has 3 rings (SSSR count). The molecule has 126 valence electrons. The molecule has 2 fully saturated rings. The van der Waals surface area contributed by atoms with Crippen LogP contribution in [0.3, 0.4) is 0 Å². The van der Waals surface area contributed by atoms with Crippen molar-refractivity contribution in [3.63, 3.8) is 0 Å². The Balaban J connectivity index is 1.62. The van der Waals surface area contributed by atoms with Gasteiger partial charge in [-0.15, -0.1) is 0 Å². The van der Waals surface area contributed by atoms with Crippen LogP contribution in [0.15, 0.2) is 30.3 Å². The molecule has 0 aromatic heterocycles. The Morgan fingerprint density at radius 2 is 2.00 bits per heavy atom. The van der Waals surface area contributed by atoms with Crippen molar-refractivity contribution in [2.45, 2.75) is 44.8 Å². The van der Waals surface area contributed by atoms with E-state index in [1.807, 2.05) is 30.0 Å². The van der Waals surface area contributed by atoms with Gasteiger partial charge in [0, 0.05) is 13.0 Å². The van der Waals surface area contributed by atoms with Gasteiger partial charge < -0.3 is 15.0 Å². The number of hydrogen-bond acceptors (Lipinski definition) is 3. The van der Waals surface area contributed by atoms with E-state index in [0.717, 1.165) is 19.5 Å². The van der Waals surface area contributed by atoms with Gasteiger partial charge >= 0.3 is 0 Å². The van der Waals surface area contributed by atoms with E-state index in [1.165, 1.54) is 18.4 Å². The Kier molecular flexibility index (Phi) is 5.68. The maximum atomic E-state index is 12.8. The van der Waals surface area contributed by atoms with Crippen LogP contribution in [-0.2, 0) is 9.53 Å². The average Bonchev–Trinajstić information content (AvgIpc) is 2.61. The van der Waals surface area contributed by atoms with E-state index in [9.17, 15) is 4.79 Å². The summed E-state index contributed by atoms with van der Waals surface area (Å²) in [5.74, 6) is 0.987. The number of rotatable bonds is 4. The summed E-state index contributed by atoms with van der Waals surface area (Å²) in [5, 5.41) is 3.39. The molecule has 23 heavy (non-hydrogen) atoms. The summed E-state index contributed by atoms with van der Waals surface area (Å²) in [4.78, 5) is 14.9. The maximum absolute atomic E-state index is 12.8. The van der Waals surface area contributed by atoms with E-state index in [0.29, 0.717) is 25.5 Å². The zero-order chi connectivity index (χ0) is 16.1. The first-order valence-corrected chi connectivity index (χ1v) is 8.91. The lowest BCUT2D eigenvalue weighted by atomic mass is 9.92. The highest BCUT2D eigenvalue weighted by Gasteiger charge is 2.31. The fourth-order valence-electron chi connectivity index (χ4n) is 3.67. The summed E-state index contributed by atoms with van der Waals surface area (Å²) in [5.41, 5.74) is 1.18. The second-order valence-corrected chi connectivity index (χ2v) is 6.85. The second kappa shape index (κ2) is 7.93. The highest BCUT2D eigenvalue weighted by Crippen LogP contribution is 2.28. The van der Waals surface area contributed by atoms with Crippen molar-refractivity contribution < 1.29 is 9.53 Å². The van der Waals surface area contributed by atoms with E-state index in [2.05, 4.69) is 17.4 Å². The molecule has 2 heterocycles. The van der Waals surface area contributed by atoms with Gasteiger partial charge in [-0.05, 0) is 50.8 Å². The minimum Gasteiger partial charge on any atom is -0.374 e. The number of carbonyl (C=O) groups is 1. The van der Waals surface area contributed by atoms with Crippen LogP contribution < -0.4 is 5.32 Å². The van der Waals surface area contributed by atoms with Crippen LogP contribution in [0, 0.1) is 5.92 Å². The van der Waals surface area contributed by atoms with E-state index in [-0.39, 0.29) is 18.1 Å². The van der Waals surface area contributed by atoms with Crippen molar-refractivity contribution >= 4 is 5.91 Å². The van der Waals surface area contributed by atoms with Gasteiger partial charge in [-0.1, -0.05) is 30.3 Å². The molecule has 1 amide bonds. The lowest BCUT2D eigenvalue weighted by Gasteiger charge is -2.39. The molecule has 2 unspecified atom stereocenters. The smallest absolute Gasteiger partial charge is 0.223 e. The summed E-state index contributed by atoms with van der Waals surface area (Å²) >= 11 is 0. The van der Waals surface area contributed by atoms with Gasteiger partial charge in [0.05, 0.1) is 18.8 Å². The van der Waals surface area contributed by atoms with Gasteiger partial charge in [0.2, 0.25) is 5.91 Å². The highest BCUT2D eigenvalue weighted by atomic mass is 16.5. The fourth-order valence-corrected chi connectivity index (χ4v) is 3.67. The molecule has 0 aliphatic carbocycles. The number of benzene rings is 1. The molecule has 0 bridgehead atoms. The molecule has 4 heteroatoms. The number of nitrogens with one attached hydrogen (secondary N) is 1. The van der Waals surface area contributed by atoms with Gasteiger partial charge in [0.25, 0.3) is 0 Å². The van der Waals surface area contributed by atoms with Crippen LogP contribution in [-0.4, -0.2) is 43.2 Å². The van der Waals surface area contributed by atoms with Crippen LogP contribution >= 0.6 is 0 Å². The predicted octanol–water partition coefficient (Wildman–Crippen LogP) is 2.75. The third-order valence-corrected chi connectivity index (χ3v) is 5.10. The summed E-state index contributed by atoms with van der Waals surface area (Å²) in [7, 11) is 0. The Labute approximate surface area is 139 Å². The number of nitrogens with zero attached hydrogens (tertiary/aromatic N) is 1. The first-order chi connectivity index (χ1) is 11.2. The Morgan fingerprint density at radius 1 is 1.26 bits per heavy atom. The fraction of sp³-hybridized carbons (Fsp3) is 0.632. The molecule has 2 atom stereocenters. The third-order valence-electron chi connectivity index (χ3n) is 5.10. The van der Waals surface area contributed by atoms with Gasteiger partial charge in [-0.25, -0.2) is 0 Å². The predicted molar refractivity (Wildman–Crippen MR) is 91.1 cm³/mol. The van der Waals surface area contributed by atoms with Crippen molar-refractivity contribution in [3.05, 3.63) is 35.9 Å². The molecule has 0 spiro atoms. The standard InChI is InChI=1S/C19H28N2O2/c1-15-13-21(18(14-23-15)17-5-3-2-4-6-17)19(22)8-7-16-9-11-20-12-10-16/h2-6,15-16,18,20H,7-14H2,1H3. The molecule has 2 aliphatic heterocycles. The summed E-state index contributed by atoms with van der Waals surface area (Å²) in [6, 6.07) is 10.3. The first-order valence-electron chi connectivity index (χ1n) is 8.91. The van der Waals surface area contributed by atoms with Crippen LogP contribution in [0.2, 0.25) is 0 Å². The van der Waals surface area contributed by atoms with E-state index < -0.39 is 0 Å². The number of piperidine rings is 1. The quantitative estimate of drug-likeness (QED) is 0.929. The molecule has 1 N–H and O–H groups in total. The summed E-state index contributed by atoms with van der Waals surface area (Å²) < 4.78 is 5.82. The van der Waals surface area contributed by atoms with E-state index in [4.69, 9.17) is 4.74 Å². The average molecular weight is 316 g/mol. The van der Waals surface area contributed by atoms with Crippen molar-refractivity contribution in [3.8, 4) is 0 Å². The van der Waals surface area contributed by atoms with E-state index in [1.54, 1.807) is 0 Å². The summed E-state index contributed by atoms with van der Waals surface area (Å²) in [6.07, 6.45) is 4.22. The van der Waals surface area contributed by atoms with Gasteiger partial charge in [-0.3, -0.25) is 4.79 Å².